The van der Waals surface area contributed by atoms with E-state index in [9.17, 15) is 28.4 Å². The third-order valence-corrected chi connectivity index (χ3v) is 2.89. The van der Waals surface area contributed by atoms with Crippen molar-refractivity contribution in [2.45, 2.75) is 30.4 Å². The Morgan fingerprint density at radius 1 is 1.28 bits per heavy atom. The molecule has 0 rings (SSSR count). The predicted octanol–water partition coefficient (Wildman–Crippen LogP) is -1.63. The maximum Gasteiger partial charge on any atom is 0.321 e. The summed E-state index contributed by atoms with van der Waals surface area (Å²) < 4.78 is 35.8. The van der Waals surface area contributed by atoms with Crippen LogP contribution in [0.4, 0.5) is 8.78 Å². The Hall–Kier alpha value is -0.640. The zero-order valence-electron chi connectivity index (χ0n) is 8.98. The molecule has 4 atom stereocenters. The van der Waals surface area contributed by atoms with Crippen molar-refractivity contribution >= 4 is 14.4 Å². The maximum atomic E-state index is 12.8. The third-order valence-electron chi connectivity index (χ3n) is 2.06. The molecular weight excluding hydrogens is 279 g/mol. The minimum atomic E-state index is -4.24. The van der Waals surface area contributed by atoms with Crippen LogP contribution in [0.5, 0.6) is 0 Å². The highest BCUT2D eigenvalue weighted by Gasteiger charge is 2.41. The Morgan fingerprint density at radius 3 is 2.17 bits per heavy atom. The number of alkyl halides is 2. The first-order valence-corrected chi connectivity index (χ1v) is 6.03. The van der Waals surface area contributed by atoms with Crippen LogP contribution < -0.4 is 0 Å². The number of carbonyl (C=O) groups excluding carboxylic acids is 1. The van der Waals surface area contributed by atoms with Crippen LogP contribution in [0, 0.1) is 0 Å². The molecule has 0 aliphatic heterocycles. The number of hydrogen-bond acceptors (Lipinski definition) is 6. The summed E-state index contributed by atoms with van der Waals surface area (Å²) in [6.07, 6.45) is -7.86. The minimum Gasteiger partial charge on any atom is -0.390 e. The Bertz CT molecular complexity index is 306. The van der Waals surface area contributed by atoms with Crippen LogP contribution in [-0.2, 0) is 9.36 Å². The van der Waals surface area contributed by atoms with Gasteiger partial charge in [-0.1, -0.05) is 0 Å². The molecule has 0 bridgehead atoms. The van der Waals surface area contributed by atoms with Crippen molar-refractivity contribution in [3.05, 3.63) is 0 Å². The number of aliphatic hydroxyl groups is 3. The van der Waals surface area contributed by atoms with Crippen LogP contribution in [-0.4, -0.2) is 67.4 Å². The predicted molar refractivity (Wildman–Crippen MR) is 53.4 cm³/mol. The molecule has 1 unspecified atom stereocenters. The van der Waals surface area contributed by atoms with Crippen LogP contribution in [0.3, 0.4) is 0 Å². The summed E-state index contributed by atoms with van der Waals surface area (Å²) in [6, 6.07) is 0. The Kier molecular flexibility index (Phi) is 6.82. The summed E-state index contributed by atoms with van der Waals surface area (Å²) in [5, 5.41) is 36.1. The summed E-state index contributed by atoms with van der Waals surface area (Å²) in [4.78, 5) is 18.3. The van der Waals surface area contributed by atoms with Crippen LogP contribution in [0.2, 0.25) is 0 Å². The lowest BCUT2D eigenvalue weighted by Gasteiger charge is -2.26. The van der Waals surface area contributed by atoms with Gasteiger partial charge < -0.3 is 20.2 Å². The molecule has 108 valence electrons. The highest BCUT2D eigenvalue weighted by atomic mass is 31.1. The molecule has 0 aliphatic carbocycles. The molecule has 0 aromatic heterocycles. The smallest absolute Gasteiger partial charge is 0.321 e. The number of hydrogen-bond donors (Lipinski definition) is 5. The van der Waals surface area contributed by atoms with Crippen molar-refractivity contribution in [1.82, 2.24) is 5.06 Å². The molecule has 8 nitrogen and oxygen atoms in total. The Labute approximate surface area is 101 Å². The molecule has 0 radical (unpaired) electrons. The summed E-state index contributed by atoms with van der Waals surface area (Å²) in [5.74, 6) is 0. The second kappa shape index (κ2) is 7.07. The van der Waals surface area contributed by atoms with E-state index in [0.717, 1.165) is 0 Å². The quantitative estimate of drug-likeness (QED) is 0.157. The molecule has 0 heterocycles. The van der Waals surface area contributed by atoms with Gasteiger partial charge >= 0.3 is 5.66 Å². The molecule has 0 aliphatic rings. The SMILES string of the molecule is O=CN(O)C[C@H](O)[C@H](O)[C@H](O)CC(F)(F)[PH](=O)O. The molecule has 5 N–H and O–H groups in total. The first-order valence-electron chi connectivity index (χ1n) is 4.68. The normalized spacial score (nSPS) is 18.8. The van der Waals surface area contributed by atoms with Crippen molar-refractivity contribution in [1.29, 1.82) is 0 Å². The van der Waals surface area contributed by atoms with Gasteiger partial charge in [0.2, 0.25) is 6.41 Å². The van der Waals surface area contributed by atoms with E-state index in [1.54, 1.807) is 0 Å². The van der Waals surface area contributed by atoms with E-state index >= 15 is 0 Å². The fourth-order valence-electron chi connectivity index (χ4n) is 1.07. The summed E-state index contributed by atoms with van der Waals surface area (Å²) >= 11 is 0. The zero-order valence-corrected chi connectivity index (χ0v) is 9.98. The molecule has 18 heavy (non-hydrogen) atoms. The van der Waals surface area contributed by atoms with Crippen molar-refractivity contribution in [2.75, 3.05) is 6.54 Å². The molecule has 0 spiro atoms. The van der Waals surface area contributed by atoms with Gasteiger partial charge in [0.1, 0.15) is 12.2 Å². The standard InChI is InChI=1S/C7H14F2NO7P/c8-7(9,18(16)17)1-4(12)6(14)5(13)2-10(15)3-11/h3-6,12-15,18H,1-2H2,(H,16,17)/t4-,5+,6-/m1/s1. The highest BCUT2D eigenvalue weighted by molar-refractivity contribution is 7.39. The maximum absolute atomic E-state index is 12.8. The number of rotatable bonds is 8. The Morgan fingerprint density at radius 2 is 1.78 bits per heavy atom. The van der Waals surface area contributed by atoms with Crippen LogP contribution in [0.25, 0.3) is 0 Å². The molecule has 0 aromatic rings. The average molecular weight is 293 g/mol. The van der Waals surface area contributed by atoms with Gasteiger partial charge in [-0.25, -0.2) is 5.06 Å². The number of carbonyl (C=O) groups is 1. The topological polar surface area (TPSA) is 139 Å². The summed E-state index contributed by atoms with van der Waals surface area (Å²) in [7, 11) is -4.24. The van der Waals surface area contributed by atoms with Crippen molar-refractivity contribution in [3.8, 4) is 0 Å². The van der Waals surface area contributed by atoms with Crippen LogP contribution in [0.1, 0.15) is 6.42 Å². The molecule has 1 amide bonds. The fraction of sp³-hybridized carbons (Fsp3) is 0.857. The molecule has 0 aromatic carbocycles. The molecular formula is C7H14F2NO7P. The van der Waals surface area contributed by atoms with E-state index in [1.165, 1.54) is 0 Å². The van der Waals surface area contributed by atoms with Crippen molar-refractivity contribution < 1.29 is 43.6 Å². The monoisotopic (exact) mass is 293 g/mol. The minimum absolute atomic E-state index is 0.0619. The Balaban J connectivity index is 4.46. The highest BCUT2D eigenvalue weighted by Crippen LogP contribution is 2.42. The van der Waals surface area contributed by atoms with Gasteiger partial charge in [0.15, 0.2) is 0 Å². The molecule has 0 saturated carbocycles. The molecule has 0 saturated heterocycles. The number of aliphatic hydroxyl groups excluding tert-OH is 3. The van der Waals surface area contributed by atoms with E-state index in [-0.39, 0.29) is 11.5 Å². The number of hydroxylamine groups is 2. The van der Waals surface area contributed by atoms with Crippen LogP contribution >= 0.6 is 8.03 Å². The lowest BCUT2D eigenvalue weighted by atomic mass is 10.1. The molecule has 11 heteroatoms. The van der Waals surface area contributed by atoms with Crippen molar-refractivity contribution in [3.63, 3.8) is 0 Å². The van der Waals surface area contributed by atoms with Gasteiger partial charge in [-0.15, -0.1) is 0 Å². The van der Waals surface area contributed by atoms with E-state index in [4.69, 9.17) is 15.2 Å². The molecule has 0 fully saturated rings. The summed E-state index contributed by atoms with van der Waals surface area (Å²) in [5.41, 5.74) is -4.09. The third kappa shape index (κ3) is 5.34. The fourth-order valence-corrected chi connectivity index (χ4v) is 1.45. The number of amides is 1. The summed E-state index contributed by atoms with van der Waals surface area (Å²) in [6.45, 7) is -0.818. The average Bonchev–Trinajstić information content (AvgIpc) is 2.26. The van der Waals surface area contributed by atoms with E-state index in [0.29, 0.717) is 0 Å². The second-order valence-corrected chi connectivity index (χ2v) is 4.91. The first-order chi connectivity index (χ1) is 8.11. The number of nitrogens with zero attached hydrogens (tertiary/aromatic N) is 1. The van der Waals surface area contributed by atoms with Gasteiger partial charge in [0.05, 0.1) is 12.6 Å². The van der Waals surface area contributed by atoms with Crippen molar-refractivity contribution in [2.24, 2.45) is 0 Å². The van der Waals surface area contributed by atoms with Gasteiger partial charge in [-0.05, 0) is 0 Å². The van der Waals surface area contributed by atoms with Gasteiger partial charge in [-0.2, -0.15) is 8.78 Å². The lowest BCUT2D eigenvalue weighted by Crippen LogP contribution is -2.45. The second-order valence-electron chi connectivity index (χ2n) is 3.57. The first kappa shape index (κ1) is 17.4. The van der Waals surface area contributed by atoms with E-state index < -0.39 is 45.0 Å². The zero-order chi connectivity index (χ0) is 14.5. The lowest BCUT2D eigenvalue weighted by molar-refractivity contribution is -0.164. The van der Waals surface area contributed by atoms with E-state index in [2.05, 4.69) is 0 Å². The van der Waals surface area contributed by atoms with Crippen LogP contribution in [0.15, 0.2) is 0 Å². The van der Waals surface area contributed by atoms with Gasteiger partial charge in [-0.3, -0.25) is 14.6 Å². The van der Waals surface area contributed by atoms with Gasteiger partial charge in [0.25, 0.3) is 8.03 Å². The van der Waals surface area contributed by atoms with Gasteiger partial charge in [0, 0.05) is 6.42 Å². The van der Waals surface area contributed by atoms with E-state index in [1.807, 2.05) is 0 Å². The number of halogens is 2. The largest absolute Gasteiger partial charge is 0.390 e.